The van der Waals surface area contributed by atoms with Gasteiger partial charge >= 0.3 is 0 Å². The molecular formula is C8H12O2. The van der Waals surface area contributed by atoms with Gasteiger partial charge < -0.3 is 4.74 Å². The van der Waals surface area contributed by atoms with E-state index >= 15 is 0 Å². The molecule has 10 heavy (non-hydrogen) atoms. The summed E-state index contributed by atoms with van der Waals surface area (Å²) in [6.45, 7) is 3.84. The largest absolute Gasteiger partial charge is 0.494 e. The summed E-state index contributed by atoms with van der Waals surface area (Å²) in [6, 6.07) is 0. The summed E-state index contributed by atoms with van der Waals surface area (Å²) in [4.78, 5) is 10.9. The average Bonchev–Trinajstić information content (AvgIpc) is 1.85. The maximum Gasteiger partial charge on any atom is 0.162 e. The second-order valence-electron chi connectivity index (χ2n) is 2.57. The van der Waals surface area contributed by atoms with Crippen LogP contribution >= 0.6 is 0 Å². The molecule has 2 nitrogen and oxygen atoms in total. The summed E-state index contributed by atoms with van der Waals surface area (Å²) in [5.74, 6) is 0.943. The third-order valence-electron chi connectivity index (χ3n) is 1.60. The van der Waals surface area contributed by atoms with Gasteiger partial charge in [-0.05, 0) is 13.3 Å². The van der Waals surface area contributed by atoms with Crippen LogP contribution in [0.5, 0.6) is 0 Å². The van der Waals surface area contributed by atoms with Crippen molar-refractivity contribution in [2.45, 2.75) is 32.8 Å². The maximum atomic E-state index is 10.9. The molecule has 0 aromatic rings. The fourth-order valence-corrected chi connectivity index (χ4v) is 1.08. The molecule has 0 aromatic heterocycles. The Morgan fingerprint density at radius 2 is 2.50 bits per heavy atom. The number of ether oxygens (including phenoxy) is 1. The highest BCUT2D eigenvalue weighted by Gasteiger charge is 2.17. The first-order valence-corrected chi connectivity index (χ1v) is 3.60. The van der Waals surface area contributed by atoms with Crippen LogP contribution in [0.3, 0.4) is 0 Å². The van der Waals surface area contributed by atoms with Crippen molar-refractivity contribution in [3.63, 3.8) is 0 Å². The Morgan fingerprint density at radius 1 is 1.80 bits per heavy atom. The molecule has 0 aromatic carbocycles. The van der Waals surface area contributed by atoms with Crippen LogP contribution in [0, 0.1) is 0 Å². The molecule has 2 heteroatoms. The first-order chi connectivity index (χ1) is 4.72. The van der Waals surface area contributed by atoms with Gasteiger partial charge in [0, 0.05) is 12.5 Å². The molecule has 0 aliphatic carbocycles. The molecule has 1 atom stereocenters. The van der Waals surface area contributed by atoms with E-state index in [0.717, 1.165) is 12.2 Å². The highest BCUT2D eigenvalue weighted by atomic mass is 16.5. The summed E-state index contributed by atoms with van der Waals surface area (Å²) < 4.78 is 5.35. The predicted octanol–water partition coefficient (Wildman–Crippen LogP) is 1.66. The minimum absolute atomic E-state index is 0.123. The third kappa shape index (κ3) is 1.59. The lowest BCUT2D eigenvalue weighted by atomic mass is 10.1. The van der Waals surface area contributed by atoms with Crippen LogP contribution in [0.1, 0.15) is 26.7 Å². The summed E-state index contributed by atoms with van der Waals surface area (Å²) in [5.41, 5.74) is 0. The monoisotopic (exact) mass is 140 g/mol. The molecule has 1 aliphatic heterocycles. The van der Waals surface area contributed by atoms with Gasteiger partial charge in [0.2, 0.25) is 0 Å². The van der Waals surface area contributed by atoms with Crippen LogP contribution in [0.2, 0.25) is 0 Å². The normalized spacial score (nSPS) is 25.6. The predicted molar refractivity (Wildman–Crippen MR) is 38.5 cm³/mol. The minimum atomic E-state index is 0.123. The number of allylic oxidation sites excluding steroid dienone is 2. The van der Waals surface area contributed by atoms with Crippen molar-refractivity contribution in [2.75, 3.05) is 0 Å². The fraction of sp³-hybridized carbons (Fsp3) is 0.625. The second kappa shape index (κ2) is 2.86. The molecule has 0 fully saturated rings. The highest BCUT2D eigenvalue weighted by molar-refractivity contribution is 5.90. The van der Waals surface area contributed by atoms with Crippen molar-refractivity contribution in [3.8, 4) is 0 Å². The smallest absolute Gasteiger partial charge is 0.162 e. The Bertz CT molecular complexity index is 170. The van der Waals surface area contributed by atoms with Crippen LogP contribution in [0.4, 0.5) is 0 Å². The van der Waals surface area contributed by atoms with Gasteiger partial charge in [-0.2, -0.15) is 0 Å². The van der Waals surface area contributed by atoms with E-state index < -0.39 is 0 Å². The van der Waals surface area contributed by atoms with Crippen molar-refractivity contribution in [3.05, 3.63) is 11.8 Å². The molecule has 0 spiro atoms. The Morgan fingerprint density at radius 3 is 3.00 bits per heavy atom. The molecule has 0 saturated carbocycles. The minimum Gasteiger partial charge on any atom is -0.494 e. The lowest BCUT2D eigenvalue weighted by Crippen LogP contribution is -2.19. The van der Waals surface area contributed by atoms with Gasteiger partial charge in [0.25, 0.3) is 0 Å². The SMILES string of the molecule is CCC1CC(=O)C=C(C)O1. The summed E-state index contributed by atoms with van der Waals surface area (Å²) in [7, 11) is 0. The average molecular weight is 140 g/mol. The standard InChI is InChI=1S/C8H12O2/c1-3-8-5-7(9)4-6(2)10-8/h4,8H,3,5H2,1-2H3. The van der Waals surface area contributed by atoms with Crippen molar-refractivity contribution < 1.29 is 9.53 Å². The molecule has 0 N–H and O–H groups in total. The van der Waals surface area contributed by atoms with E-state index in [1.54, 1.807) is 6.08 Å². The Balaban J connectivity index is 2.60. The van der Waals surface area contributed by atoms with Gasteiger partial charge in [-0.1, -0.05) is 6.92 Å². The van der Waals surface area contributed by atoms with E-state index in [2.05, 4.69) is 0 Å². The molecule has 1 rings (SSSR count). The van der Waals surface area contributed by atoms with Gasteiger partial charge in [0.1, 0.15) is 6.10 Å². The van der Waals surface area contributed by atoms with Gasteiger partial charge in [-0.25, -0.2) is 0 Å². The number of ketones is 1. The number of rotatable bonds is 1. The lowest BCUT2D eigenvalue weighted by molar-refractivity contribution is -0.118. The molecule has 1 unspecified atom stereocenters. The van der Waals surface area contributed by atoms with Crippen molar-refractivity contribution >= 4 is 5.78 Å². The maximum absolute atomic E-state index is 10.9. The van der Waals surface area contributed by atoms with Crippen LogP contribution < -0.4 is 0 Å². The molecule has 1 heterocycles. The molecule has 0 amide bonds. The highest BCUT2D eigenvalue weighted by Crippen LogP contribution is 2.15. The van der Waals surface area contributed by atoms with Gasteiger partial charge in [-0.3, -0.25) is 4.79 Å². The quantitative estimate of drug-likeness (QED) is 0.553. The van der Waals surface area contributed by atoms with Gasteiger partial charge in [0.05, 0.1) is 5.76 Å². The molecule has 0 saturated heterocycles. The summed E-state index contributed by atoms with van der Waals surface area (Å²) in [6.07, 6.45) is 3.15. The van der Waals surface area contributed by atoms with Crippen LogP contribution in [-0.2, 0) is 9.53 Å². The van der Waals surface area contributed by atoms with E-state index in [9.17, 15) is 4.79 Å². The molecule has 0 radical (unpaired) electrons. The van der Waals surface area contributed by atoms with Crippen molar-refractivity contribution in [1.82, 2.24) is 0 Å². The summed E-state index contributed by atoms with van der Waals surface area (Å²) >= 11 is 0. The Kier molecular flexibility index (Phi) is 2.10. The Labute approximate surface area is 60.9 Å². The fourth-order valence-electron chi connectivity index (χ4n) is 1.08. The van der Waals surface area contributed by atoms with E-state index in [0.29, 0.717) is 6.42 Å². The number of carbonyl (C=O) groups is 1. The zero-order chi connectivity index (χ0) is 7.56. The first kappa shape index (κ1) is 7.32. The first-order valence-electron chi connectivity index (χ1n) is 3.60. The lowest BCUT2D eigenvalue weighted by Gasteiger charge is -2.20. The molecule has 0 bridgehead atoms. The van der Waals surface area contributed by atoms with E-state index in [4.69, 9.17) is 4.74 Å². The second-order valence-corrected chi connectivity index (χ2v) is 2.57. The van der Waals surface area contributed by atoms with Crippen molar-refractivity contribution in [2.24, 2.45) is 0 Å². The molecular weight excluding hydrogens is 128 g/mol. The number of hydrogen-bond acceptors (Lipinski definition) is 2. The topological polar surface area (TPSA) is 26.3 Å². The number of hydrogen-bond donors (Lipinski definition) is 0. The zero-order valence-electron chi connectivity index (χ0n) is 6.39. The van der Waals surface area contributed by atoms with Crippen LogP contribution in [0.15, 0.2) is 11.8 Å². The van der Waals surface area contributed by atoms with Crippen LogP contribution in [0.25, 0.3) is 0 Å². The molecule has 56 valence electrons. The third-order valence-corrected chi connectivity index (χ3v) is 1.60. The zero-order valence-corrected chi connectivity index (χ0v) is 6.39. The van der Waals surface area contributed by atoms with Crippen LogP contribution in [-0.4, -0.2) is 11.9 Å². The van der Waals surface area contributed by atoms with E-state index in [1.165, 1.54) is 0 Å². The van der Waals surface area contributed by atoms with Gasteiger partial charge in [-0.15, -0.1) is 0 Å². The van der Waals surface area contributed by atoms with E-state index in [-0.39, 0.29) is 11.9 Å². The molecule has 1 aliphatic rings. The van der Waals surface area contributed by atoms with Gasteiger partial charge in [0.15, 0.2) is 5.78 Å². The summed E-state index contributed by atoms with van der Waals surface area (Å²) in [5, 5.41) is 0. The van der Waals surface area contributed by atoms with E-state index in [1.807, 2.05) is 13.8 Å². The van der Waals surface area contributed by atoms with Crippen molar-refractivity contribution in [1.29, 1.82) is 0 Å². The Hall–Kier alpha value is -0.790. The number of carbonyl (C=O) groups excluding carboxylic acids is 1.